The number of carbonyl (C=O) groups excluding carboxylic acids is 3. The highest BCUT2D eigenvalue weighted by Gasteiger charge is 2.34. The van der Waals surface area contributed by atoms with E-state index in [0.29, 0.717) is 24.2 Å². The van der Waals surface area contributed by atoms with Gasteiger partial charge in [-0.25, -0.2) is 0 Å². The van der Waals surface area contributed by atoms with Crippen LogP contribution in [0.25, 0.3) is 0 Å². The Morgan fingerprint density at radius 3 is 2.29 bits per heavy atom. The number of carbonyl (C=O) groups is 3. The number of hydrogen-bond donors (Lipinski definition) is 1. The molecule has 146 valence electrons. The van der Waals surface area contributed by atoms with Crippen molar-refractivity contribution < 1.29 is 14.4 Å². The molecule has 1 aromatic carbocycles. The van der Waals surface area contributed by atoms with Crippen LogP contribution in [0.15, 0.2) is 51.9 Å². The number of pyridine rings is 1. The van der Waals surface area contributed by atoms with Crippen LogP contribution in [0.1, 0.15) is 40.0 Å². The lowest BCUT2D eigenvalue weighted by Gasteiger charge is -2.13. The number of nitrogens with zero attached hydrogens (tertiary/aromatic N) is 2. The fraction of sp³-hybridized carbons (Fsp3) is 0.300. The fourth-order valence-corrected chi connectivity index (χ4v) is 3.44. The van der Waals surface area contributed by atoms with Crippen molar-refractivity contribution in [3.63, 3.8) is 0 Å². The number of halogens is 1. The molecule has 0 atom stereocenters. The Hall–Kier alpha value is -2.74. The van der Waals surface area contributed by atoms with Gasteiger partial charge in [0.15, 0.2) is 0 Å². The molecule has 0 aliphatic carbocycles. The zero-order valence-corrected chi connectivity index (χ0v) is 16.8. The maximum Gasteiger partial charge on any atom is 0.261 e. The average Bonchev–Trinajstić information content (AvgIpc) is 2.93. The molecule has 1 N–H and O–H groups in total. The van der Waals surface area contributed by atoms with Gasteiger partial charge < -0.3 is 9.88 Å². The van der Waals surface area contributed by atoms with Crippen molar-refractivity contribution in [1.82, 2.24) is 14.8 Å². The normalized spacial score (nSPS) is 13.0. The third-order valence-electron chi connectivity index (χ3n) is 4.54. The molecule has 7 nitrogen and oxygen atoms in total. The summed E-state index contributed by atoms with van der Waals surface area (Å²) in [6.07, 6.45) is 3.27. The predicted molar refractivity (Wildman–Crippen MR) is 107 cm³/mol. The molecule has 1 aliphatic heterocycles. The second kappa shape index (κ2) is 8.97. The van der Waals surface area contributed by atoms with Gasteiger partial charge in [-0.1, -0.05) is 12.1 Å². The summed E-state index contributed by atoms with van der Waals surface area (Å²) in [4.78, 5) is 49.3. The molecule has 3 amide bonds. The standard InChI is InChI=1S/C20H20BrN3O4/c21-14-7-8-18(26)23(13-14)11-4-3-10-22-17(25)9-12-24-19(27)15-5-1-2-6-16(15)20(24)28/h1-2,5-8,13H,3-4,9-12H2,(H,22,25). The highest BCUT2D eigenvalue weighted by atomic mass is 79.9. The van der Waals surface area contributed by atoms with Gasteiger partial charge in [-0.15, -0.1) is 0 Å². The van der Waals surface area contributed by atoms with Crippen LogP contribution in [0.3, 0.4) is 0 Å². The van der Waals surface area contributed by atoms with E-state index in [9.17, 15) is 19.2 Å². The number of hydrogen-bond acceptors (Lipinski definition) is 4. The molecule has 2 heterocycles. The second-order valence-corrected chi connectivity index (χ2v) is 7.41. The van der Waals surface area contributed by atoms with Gasteiger partial charge in [0.1, 0.15) is 0 Å². The van der Waals surface area contributed by atoms with Crippen molar-refractivity contribution in [3.05, 3.63) is 68.5 Å². The number of aryl methyl sites for hydroxylation is 1. The van der Waals surface area contributed by atoms with Crippen LogP contribution in [-0.4, -0.2) is 40.3 Å². The molecule has 2 aromatic rings. The van der Waals surface area contributed by atoms with E-state index in [-0.39, 0.29) is 36.2 Å². The van der Waals surface area contributed by atoms with E-state index in [0.717, 1.165) is 22.2 Å². The predicted octanol–water partition coefficient (Wildman–Crippen LogP) is 2.19. The van der Waals surface area contributed by atoms with Gasteiger partial charge in [0.05, 0.1) is 11.1 Å². The van der Waals surface area contributed by atoms with Crippen LogP contribution in [0.4, 0.5) is 0 Å². The van der Waals surface area contributed by atoms with E-state index in [1.807, 2.05) is 0 Å². The molecule has 3 rings (SSSR count). The first-order chi connectivity index (χ1) is 13.5. The van der Waals surface area contributed by atoms with Gasteiger partial charge in [0, 0.05) is 42.8 Å². The molecule has 0 saturated carbocycles. The van der Waals surface area contributed by atoms with Gasteiger partial charge in [-0.3, -0.25) is 24.1 Å². The van der Waals surface area contributed by atoms with Gasteiger partial charge in [-0.05, 0) is 47.0 Å². The third kappa shape index (κ3) is 4.56. The Labute approximate surface area is 170 Å². The third-order valence-corrected chi connectivity index (χ3v) is 5.01. The summed E-state index contributed by atoms with van der Waals surface area (Å²) in [5.41, 5.74) is 0.708. The SMILES string of the molecule is O=C(CCN1C(=O)c2ccccc2C1=O)NCCCCn1cc(Br)ccc1=O. The summed E-state index contributed by atoms with van der Waals surface area (Å²) in [6, 6.07) is 9.86. The number of rotatable bonds is 8. The highest BCUT2D eigenvalue weighted by Crippen LogP contribution is 2.22. The fourth-order valence-electron chi connectivity index (χ4n) is 3.06. The lowest BCUT2D eigenvalue weighted by atomic mass is 10.1. The zero-order valence-electron chi connectivity index (χ0n) is 15.2. The number of benzene rings is 1. The first kappa shape index (κ1) is 20.0. The monoisotopic (exact) mass is 445 g/mol. The molecule has 0 fully saturated rings. The first-order valence-electron chi connectivity index (χ1n) is 9.05. The number of nitrogens with one attached hydrogen (secondary N) is 1. The summed E-state index contributed by atoms with van der Waals surface area (Å²) in [5.74, 6) is -0.920. The topological polar surface area (TPSA) is 88.5 Å². The zero-order chi connectivity index (χ0) is 20.1. The summed E-state index contributed by atoms with van der Waals surface area (Å²) in [6.45, 7) is 1.11. The molecule has 1 aliphatic rings. The lowest BCUT2D eigenvalue weighted by Crippen LogP contribution is -2.34. The van der Waals surface area contributed by atoms with Crippen LogP contribution < -0.4 is 10.9 Å². The molecule has 0 radical (unpaired) electrons. The Morgan fingerprint density at radius 2 is 1.61 bits per heavy atom. The molecule has 0 saturated heterocycles. The number of fused-ring (bicyclic) bond motifs is 1. The first-order valence-corrected chi connectivity index (χ1v) is 9.84. The number of imide groups is 1. The molecular weight excluding hydrogens is 426 g/mol. The number of unbranched alkanes of at least 4 members (excludes halogenated alkanes) is 1. The minimum Gasteiger partial charge on any atom is -0.356 e. The van der Waals surface area contributed by atoms with Crippen molar-refractivity contribution in [3.8, 4) is 0 Å². The van der Waals surface area contributed by atoms with Crippen LogP contribution in [0.2, 0.25) is 0 Å². The van der Waals surface area contributed by atoms with Gasteiger partial charge in [0.25, 0.3) is 17.4 Å². The molecule has 1 aromatic heterocycles. The highest BCUT2D eigenvalue weighted by molar-refractivity contribution is 9.10. The Bertz CT molecular complexity index is 935. The van der Waals surface area contributed by atoms with Crippen LogP contribution in [0, 0.1) is 0 Å². The van der Waals surface area contributed by atoms with Gasteiger partial charge in [-0.2, -0.15) is 0 Å². The molecule has 0 unspecified atom stereocenters. The van der Waals surface area contributed by atoms with Crippen LogP contribution >= 0.6 is 15.9 Å². The Morgan fingerprint density at radius 1 is 0.929 bits per heavy atom. The van der Waals surface area contributed by atoms with Crippen molar-refractivity contribution in [2.75, 3.05) is 13.1 Å². The minimum absolute atomic E-state index is 0.0611. The summed E-state index contributed by atoms with van der Waals surface area (Å²) in [7, 11) is 0. The van der Waals surface area contributed by atoms with E-state index in [2.05, 4.69) is 21.2 Å². The second-order valence-electron chi connectivity index (χ2n) is 6.49. The molecule has 28 heavy (non-hydrogen) atoms. The minimum atomic E-state index is -0.354. The number of amides is 3. The van der Waals surface area contributed by atoms with Crippen molar-refractivity contribution in [2.24, 2.45) is 0 Å². The number of aromatic nitrogens is 1. The van der Waals surface area contributed by atoms with E-state index >= 15 is 0 Å². The summed E-state index contributed by atoms with van der Waals surface area (Å²) < 4.78 is 2.46. The smallest absolute Gasteiger partial charge is 0.261 e. The van der Waals surface area contributed by atoms with E-state index in [4.69, 9.17) is 0 Å². The van der Waals surface area contributed by atoms with E-state index < -0.39 is 0 Å². The summed E-state index contributed by atoms with van der Waals surface area (Å²) in [5, 5.41) is 2.78. The Kier molecular flexibility index (Phi) is 6.41. The quantitative estimate of drug-likeness (QED) is 0.498. The van der Waals surface area contributed by atoms with Crippen LogP contribution in [-0.2, 0) is 11.3 Å². The molecule has 0 bridgehead atoms. The average molecular weight is 446 g/mol. The summed E-state index contributed by atoms with van der Waals surface area (Å²) >= 11 is 3.33. The van der Waals surface area contributed by atoms with Gasteiger partial charge in [0.2, 0.25) is 5.91 Å². The molecular formula is C20H20BrN3O4. The van der Waals surface area contributed by atoms with Gasteiger partial charge >= 0.3 is 0 Å². The largest absolute Gasteiger partial charge is 0.356 e. The Balaban J connectivity index is 1.38. The lowest BCUT2D eigenvalue weighted by molar-refractivity contribution is -0.121. The molecule has 0 spiro atoms. The maximum atomic E-state index is 12.2. The van der Waals surface area contributed by atoms with Crippen molar-refractivity contribution >= 4 is 33.7 Å². The van der Waals surface area contributed by atoms with Crippen molar-refractivity contribution in [2.45, 2.75) is 25.8 Å². The van der Waals surface area contributed by atoms with Crippen molar-refractivity contribution in [1.29, 1.82) is 0 Å². The van der Waals surface area contributed by atoms with Crippen LogP contribution in [0.5, 0.6) is 0 Å². The maximum absolute atomic E-state index is 12.2. The molecule has 8 heteroatoms. The van der Waals surface area contributed by atoms with E-state index in [1.54, 1.807) is 41.1 Å². The van der Waals surface area contributed by atoms with E-state index in [1.165, 1.54) is 6.07 Å².